The minimum atomic E-state index is -0.514. The van der Waals surface area contributed by atoms with Crippen LogP contribution in [-0.2, 0) is 11.2 Å². The Morgan fingerprint density at radius 3 is 2.49 bits per heavy atom. The van der Waals surface area contributed by atoms with Gasteiger partial charge in [0.1, 0.15) is 11.9 Å². The number of nitrogens with zero attached hydrogens (tertiary/aromatic N) is 5. The fourth-order valence-electron chi connectivity index (χ4n) is 4.95. The molecule has 3 aromatic rings. The first kappa shape index (κ1) is 24.3. The number of nitrogens with one attached hydrogen (secondary N) is 1. The first-order valence-electron chi connectivity index (χ1n) is 12.6. The molecule has 0 atom stereocenters. The van der Waals surface area contributed by atoms with Crippen molar-refractivity contribution in [3.63, 3.8) is 0 Å². The van der Waals surface area contributed by atoms with Crippen molar-refractivity contribution in [3.05, 3.63) is 77.2 Å². The highest BCUT2D eigenvalue weighted by atomic mass is 16.2. The van der Waals surface area contributed by atoms with Crippen molar-refractivity contribution in [2.24, 2.45) is 5.73 Å². The summed E-state index contributed by atoms with van der Waals surface area (Å²) in [5.74, 6) is 0.521. The molecule has 0 unspecified atom stereocenters. The van der Waals surface area contributed by atoms with Crippen LogP contribution in [0.25, 0.3) is 0 Å². The number of carbonyl (C=O) groups excluding carboxylic acids is 2. The molecule has 2 saturated heterocycles. The molecule has 0 aliphatic carbocycles. The lowest BCUT2D eigenvalue weighted by atomic mass is 10.0. The maximum absolute atomic E-state index is 12.1. The molecule has 5 rings (SSSR count). The highest BCUT2D eigenvalue weighted by molar-refractivity contribution is 5.98. The van der Waals surface area contributed by atoms with Crippen LogP contribution in [-0.4, -0.2) is 47.5 Å². The third kappa shape index (κ3) is 5.54. The van der Waals surface area contributed by atoms with Gasteiger partial charge in [-0.05, 0) is 55.2 Å². The lowest BCUT2D eigenvalue weighted by Gasteiger charge is -2.34. The molecule has 9 heteroatoms. The van der Waals surface area contributed by atoms with Crippen LogP contribution in [0.5, 0.6) is 0 Å². The van der Waals surface area contributed by atoms with Crippen LogP contribution in [0.15, 0.2) is 54.9 Å². The van der Waals surface area contributed by atoms with Crippen LogP contribution in [0.4, 0.5) is 17.2 Å². The van der Waals surface area contributed by atoms with Crippen LogP contribution in [0.2, 0.25) is 0 Å². The normalized spacial score (nSPS) is 16.0. The highest BCUT2D eigenvalue weighted by Gasteiger charge is 2.23. The number of hydrogen-bond donors (Lipinski definition) is 2. The molecular weight excluding hydrogens is 466 g/mol. The summed E-state index contributed by atoms with van der Waals surface area (Å²) in [6, 6.07) is 15.8. The maximum atomic E-state index is 12.1. The molecule has 0 radical (unpaired) electrons. The largest absolute Gasteiger partial charge is 0.381 e. The van der Waals surface area contributed by atoms with Crippen molar-refractivity contribution in [3.8, 4) is 6.07 Å². The number of piperidine rings is 1. The second kappa shape index (κ2) is 10.7. The predicted octanol–water partition coefficient (Wildman–Crippen LogP) is 3.25. The number of aromatic nitrogens is 2. The summed E-state index contributed by atoms with van der Waals surface area (Å²) in [5, 5.41) is 12.5. The molecule has 0 saturated carbocycles. The number of nitriles is 1. The van der Waals surface area contributed by atoms with Crippen LogP contribution >= 0.6 is 0 Å². The van der Waals surface area contributed by atoms with Crippen LogP contribution in [0, 0.1) is 11.3 Å². The highest BCUT2D eigenvalue weighted by Crippen LogP contribution is 2.25. The summed E-state index contributed by atoms with van der Waals surface area (Å²) in [6.07, 6.45) is 6.99. The van der Waals surface area contributed by atoms with Gasteiger partial charge in [-0.25, -0.2) is 4.98 Å². The van der Waals surface area contributed by atoms with Gasteiger partial charge in [-0.15, -0.1) is 0 Å². The molecule has 2 fully saturated rings. The van der Waals surface area contributed by atoms with Crippen molar-refractivity contribution in [1.29, 1.82) is 5.26 Å². The molecule has 9 nitrogen and oxygen atoms in total. The summed E-state index contributed by atoms with van der Waals surface area (Å²) >= 11 is 0. The minimum absolute atomic E-state index is 0.172. The van der Waals surface area contributed by atoms with Gasteiger partial charge in [-0.3, -0.25) is 14.6 Å². The SMILES string of the molecule is N#Cc1ccc(N2CCC(Nc3cc(Cc4ccc(N5CCCC5=O)cc4)ncc3C(N)=O)CC2)nc1. The molecule has 37 heavy (non-hydrogen) atoms. The summed E-state index contributed by atoms with van der Waals surface area (Å²) in [6.45, 7) is 2.39. The van der Waals surface area contributed by atoms with Gasteiger partial charge in [0.15, 0.2) is 0 Å². The Hall–Kier alpha value is -4.45. The van der Waals surface area contributed by atoms with E-state index in [9.17, 15) is 9.59 Å². The van der Waals surface area contributed by atoms with Crippen molar-refractivity contribution in [2.75, 3.05) is 34.8 Å². The van der Waals surface area contributed by atoms with Gasteiger partial charge in [0.25, 0.3) is 5.91 Å². The zero-order valence-electron chi connectivity index (χ0n) is 20.6. The Bertz CT molecular complexity index is 1320. The standard InChI is InChI=1S/C28H29N7O2/c29-16-20-5-8-26(32-17-20)34-12-9-21(10-13-34)33-25-15-22(31-18-24(25)28(30)37)14-19-3-6-23(7-4-19)35-11-1-2-27(35)36/h3-8,15,17-18,21H,1-2,9-14H2,(H2,30,37)(H,31,33). The molecule has 4 heterocycles. The smallest absolute Gasteiger partial charge is 0.252 e. The Balaban J connectivity index is 1.24. The van der Waals surface area contributed by atoms with E-state index in [0.717, 1.165) is 61.7 Å². The number of pyridine rings is 2. The van der Waals surface area contributed by atoms with E-state index in [2.05, 4.69) is 26.3 Å². The fourth-order valence-corrected chi connectivity index (χ4v) is 4.95. The first-order chi connectivity index (χ1) is 18.0. The number of nitrogens with two attached hydrogens (primary N) is 1. The van der Waals surface area contributed by atoms with E-state index in [1.165, 1.54) is 0 Å². The second-order valence-electron chi connectivity index (χ2n) is 9.50. The number of carbonyl (C=O) groups is 2. The van der Waals surface area contributed by atoms with Gasteiger partial charge in [-0.2, -0.15) is 5.26 Å². The minimum Gasteiger partial charge on any atom is -0.381 e. The number of benzene rings is 1. The first-order valence-corrected chi connectivity index (χ1v) is 12.6. The van der Waals surface area contributed by atoms with Crippen LogP contribution in [0.3, 0.4) is 0 Å². The van der Waals surface area contributed by atoms with Crippen LogP contribution in [0.1, 0.15) is 52.9 Å². The van der Waals surface area contributed by atoms with Gasteiger partial charge in [0.05, 0.1) is 16.8 Å². The Labute approximate surface area is 215 Å². The van der Waals surface area contributed by atoms with Gasteiger partial charge < -0.3 is 20.9 Å². The maximum Gasteiger partial charge on any atom is 0.252 e. The molecule has 188 valence electrons. The average Bonchev–Trinajstić information content (AvgIpc) is 3.35. The summed E-state index contributed by atoms with van der Waals surface area (Å²) in [7, 11) is 0. The van der Waals surface area contributed by atoms with Crippen molar-refractivity contribution >= 4 is 29.0 Å². The Kier molecular flexibility index (Phi) is 6.99. The van der Waals surface area contributed by atoms with E-state index in [1.807, 2.05) is 41.3 Å². The van der Waals surface area contributed by atoms with Gasteiger partial charge >= 0.3 is 0 Å². The van der Waals surface area contributed by atoms with Gasteiger partial charge in [-0.1, -0.05) is 12.1 Å². The van der Waals surface area contributed by atoms with Crippen molar-refractivity contribution in [2.45, 2.75) is 38.1 Å². The number of amides is 2. The van der Waals surface area contributed by atoms with E-state index < -0.39 is 5.91 Å². The van der Waals surface area contributed by atoms with E-state index >= 15 is 0 Å². The summed E-state index contributed by atoms with van der Waals surface area (Å²) < 4.78 is 0. The molecule has 2 aliphatic heterocycles. The number of rotatable bonds is 7. The van der Waals surface area contributed by atoms with Crippen molar-refractivity contribution in [1.82, 2.24) is 9.97 Å². The third-order valence-electron chi connectivity index (χ3n) is 6.99. The molecule has 2 aromatic heterocycles. The molecule has 3 N–H and O–H groups in total. The van der Waals surface area contributed by atoms with Gasteiger partial charge in [0, 0.05) is 62.3 Å². The van der Waals surface area contributed by atoms with E-state index in [1.54, 1.807) is 18.5 Å². The quantitative estimate of drug-likeness (QED) is 0.515. The summed E-state index contributed by atoms with van der Waals surface area (Å²) in [5.41, 5.74) is 10.1. The lowest BCUT2D eigenvalue weighted by molar-refractivity contribution is -0.117. The Morgan fingerprint density at radius 1 is 1.08 bits per heavy atom. The lowest BCUT2D eigenvalue weighted by Crippen LogP contribution is -2.39. The molecule has 2 aliphatic rings. The zero-order valence-corrected chi connectivity index (χ0v) is 20.6. The molecular formula is C28H29N7O2. The summed E-state index contributed by atoms with van der Waals surface area (Å²) in [4.78, 5) is 37.0. The zero-order chi connectivity index (χ0) is 25.8. The monoisotopic (exact) mass is 495 g/mol. The molecule has 0 bridgehead atoms. The molecule has 0 spiro atoms. The van der Waals surface area contributed by atoms with Crippen LogP contribution < -0.4 is 20.9 Å². The molecule has 2 amide bonds. The number of primary amides is 1. The van der Waals surface area contributed by atoms with E-state index in [4.69, 9.17) is 11.0 Å². The third-order valence-corrected chi connectivity index (χ3v) is 6.99. The number of hydrogen-bond acceptors (Lipinski definition) is 7. The topological polar surface area (TPSA) is 128 Å². The average molecular weight is 496 g/mol. The van der Waals surface area contributed by atoms with Crippen molar-refractivity contribution < 1.29 is 9.59 Å². The van der Waals surface area contributed by atoms with E-state index in [0.29, 0.717) is 29.7 Å². The Morgan fingerprint density at radius 2 is 1.86 bits per heavy atom. The van der Waals surface area contributed by atoms with Gasteiger partial charge in [0.2, 0.25) is 5.91 Å². The second-order valence-corrected chi connectivity index (χ2v) is 9.50. The predicted molar refractivity (Wildman–Crippen MR) is 141 cm³/mol. The molecule has 1 aromatic carbocycles. The number of anilines is 3. The van der Waals surface area contributed by atoms with E-state index in [-0.39, 0.29) is 11.9 Å². The fraction of sp³-hybridized carbons (Fsp3) is 0.321.